The molecule has 0 unspecified atom stereocenters. The van der Waals surface area contributed by atoms with E-state index >= 15 is 0 Å². The first-order valence-corrected chi connectivity index (χ1v) is 10.7. The van der Waals surface area contributed by atoms with E-state index in [2.05, 4.69) is 10.3 Å². The van der Waals surface area contributed by atoms with E-state index in [4.69, 9.17) is 20.9 Å². The molecule has 1 aromatic heterocycles. The molecule has 0 aliphatic carbocycles. The van der Waals surface area contributed by atoms with Crippen molar-refractivity contribution >= 4 is 42.4 Å². The lowest BCUT2D eigenvalue weighted by molar-refractivity contribution is 0.298. The molecule has 9 heteroatoms. The summed E-state index contributed by atoms with van der Waals surface area (Å²) in [6.45, 7) is 3.65. The summed E-state index contributed by atoms with van der Waals surface area (Å²) in [5, 5.41) is 4.68. The smallest absolute Gasteiger partial charge is 0.319 e. The van der Waals surface area contributed by atoms with Crippen molar-refractivity contribution in [3.8, 4) is 5.88 Å². The Morgan fingerprint density at radius 1 is 1.38 bits per heavy atom. The van der Waals surface area contributed by atoms with E-state index in [1.165, 1.54) is 0 Å². The normalized spacial score (nSPS) is 11.8. The van der Waals surface area contributed by atoms with Crippen molar-refractivity contribution in [1.82, 2.24) is 10.3 Å². The SMILES string of the molecule is Cc1cc(OCCCNCCSS(=O)(=O)O)nc2c(Cl)cccc12. The molecule has 2 rings (SSSR count). The van der Waals surface area contributed by atoms with Crippen LogP contribution in [0, 0.1) is 6.92 Å². The monoisotopic (exact) mass is 390 g/mol. The number of nitrogens with zero attached hydrogens (tertiary/aromatic N) is 1. The maximum absolute atomic E-state index is 10.5. The van der Waals surface area contributed by atoms with Crippen LogP contribution < -0.4 is 10.1 Å². The zero-order chi connectivity index (χ0) is 17.6. The summed E-state index contributed by atoms with van der Waals surface area (Å²) >= 11 is 6.17. The highest BCUT2D eigenvalue weighted by atomic mass is 35.5. The number of nitrogens with one attached hydrogen (secondary N) is 1. The van der Waals surface area contributed by atoms with Crippen LogP contribution in [0.4, 0.5) is 0 Å². The second-order valence-corrected chi connectivity index (χ2v) is 8.99. The van der Waals surface area contributed by atoms with Crippen molar-refractivity contribution < 1.29 is 17.7 Å². The highest BCUT2D eigenvalue weighted by molar-refractivity contribution is 8.69. The molecule has 6 nitrogen and oxygen atoms in total. The number of benzene rings is 1. The fraction of sp³-hybridized carbons (Fsp3) is 0.400. The number of pyridine rings is 1. The number of halogens is 1. The molecule has 1 aromatic carbocycles. The van der Waals surface area contributed by atoms with Crippen molar-refractivity contribution in [3.05, 3.63) is 34.9 Å². The van der Waals surface area contributed by atoms with Crippen molar-refractivity contribution in [2.45, 2.75) is 13.3 Å². The van der Waals surface area contributed by atoms with Gasteiger partial charge in [0.25, 0.3) is 0 Å². The van der Waals surface area contributed by atoms with Gasteiger partial charge in [-0.15, -0.1) is 0 Å². The van der Waals surface area contributed by atoms with Crippen LogP contribution in [-0.4, -0.2) is 43.4 Å². The van der Waals surface area contributed by atoms with E-state index in [1.807, 2.05) is 25.1 Å². The number of hydrogen-bond acceptors (Lipinski definition) is 6. The minimum absolute atomic E-state index is 0.295. The highest BCUT2D eigenvalue weighted by Gasteiger charge is 2.07. The molecule has 132 valence electrons. The predicted molar refractivity (Wildman–Crippen MR) is 98.5 cm³/mol. The van der Waals surface area contributed by atoms with Gasteiger partial charge >= 0.3 is 9.15 Å². The molecule has 0 aliphatic heterocycles. The molecular formula is C15H19ClN2O4S2. The molecule has 2 N–H and O–H groups in total. The van der Waals surface area contributed by atoms with E-state index in [9.17, 15) is 8.42 Å². The maximum atomic E-state index is 10.5. The molecule has 1 heterocycles. The topological polar surface area (TPSA) is 88.5 Å². The molecule has 24 heavy (non-hydrogen) atoms. The summed E-state index contributed by atoms with van der Waals surface area (Å²) in [6, 6.07) is 7.55. The summed E-state index contributed by atoms with van der Waals surface area (Å²) in [5.41, 5.74) is 1.78. The van der Waals surface area contributed by atoms with Crippen LogP contribution in [0.5, 0.6) is 5.88 Å². The molecule has 0 saturated heterocycles. The lowest BCUT2D eigenvalue weighted by atomic mass is 10.1. The second kappa shape index (κ2) is 8.87. The Labute approximate surface area is 150 Å². The molecule has 0 aliphatic rings. The predicted octanol–water partition coefficient (Wildman–Crippen LogP) is 3.09. The van der Waals surface area contributed by atoms with Gasteiger partial charge in [0.05, 0.1) is 17.1 Å². The van der Waals surface area contributed by atoms with Crippen molar-refractivity contribution in [3.63, 3.8) is 0 Å². The first-order chi connectivity index (χ1) is 11.4. The second-order valence-electron chi connectivity index (χ2n) is 5.12. The third-order valence-corrected chi connectivity index (χ3v) is 5.60. The lowest BCUT2D eigenvalue weighted by Gasteiger charge is -2.09. The van der Waals surface area contributed by atoms with Crippen LogP contribution in [0.15, 0.2) is 24.3 Å². The van der Waals surface area contributed by atoms with Gasteiger partial charge in [0.15, 0.2) is 0 Å². The molecule has 0 saturated carbocycles. The van der Waals surface area contributed by atoms with Crippen molar-refractivity contribution in [1.29, 1.82) is 0 Å². The van der Waals surface area contributed by atoms with E-state index in [1.54, 1.807) is 6.07 Å². The first kappa shape index (κ1) is 19.3. The average molecular weight is 391 g/mol. The number of para-hydroxylation sites is 1. The van der Waals surface area contributed by atoms with Crippen LogP contribution in [0.2, 0.25) is 5.02 Å². The quantitative estimate of drug-likeness (QED) is 0.386. The highest BCUT2D eigenvalue weighted by Crippen LogP contribution is 2.27. The van der Waals surface area contributed by atoms with Crippen LogP contribution >= 0.6 is 22.4 Å². The van der Waals surface area contributed by atoms with E-state index < -0.39 is 9.15 Å². The molecule has 0 atom stereocenters. The summed E-state index contributed by atoms with van der Waals surface area (Å²) in [4.78, 5) is 4.44. The standard InChI is InChI=1S/C15H19ClN2O4S2/c1-11-10-14(18-15-12(11)4-2-5-13(15)16)22-8-3-6-17-7-9-23-24(19,20)21/h2,4-5,10,17H,3,6-9H2,1H3,(H,19,20,21). The Kier molecular flexibility index (Phi) is 7.12. The van der Waals surface area contributed by atoms with E-state index in [-0.39, 0.29) is 0 Å². The first-order valence-electron chi connectivity index (χ1n) is 7.38. The van der Waals surface area contributed by atoms with Gasteiger partial charge in [0.2, 0.25) is 5.88 Å². The van der Waals surface area contributed by atoms with Gasteiger partial charge in [0.1, 0.15) is 0 Å². The zero-order valence-electron chi connectivity index (χ0n) is 13.2. The zero-order valence-corrected chi connectivity index (χ0v) is 15.5. The molecule has 2 aromatic rings. The molecule has 0 radical (unpaired) electrons. The van der Waals surface area contributed by atoms with Gasteiger partial charge in [-0.1, -0.05) is 23.7 Å². The Balaban J connectivity index is 1.75. The Bertz CT molecular complexity index is 799. The Morgan fingerprint density at radius 3 is 2.92 bits per heavy atom. The van der Waals surface area contributed by atoms with E-state index in [0.29, 0.717) is 47.1 Å². The fourth-order valence-corrected chi connectivity index (χ4v) is 3.68. The summed E-state index contributed by atoms with van der Waals surface area (Å²) in [6.07, 6.45) is 0.748. The molecule has 0 bridgehead atoms. The Morgan fingerprint density at radius 2 is 2.17 bits per heavy atom. The van der Waals surface area contributed by atoms with Gasteiger partial charge in [0, 0.05) is 23.8 Å². The van der Waals surface area contributed by atoms with E-state index in [0.717, 1.165) is 22.9 Å². The summed E-state index contributed by atoms with van der Waals surface area (Å²) in [7, 11) is -3.44. The van der Waals surface area contributed by atoms with Gasteiger partial charge in [-0.25, -0.2) is 4.98 Å². The van der Waals surface area contributed by atoms with Gasteiger partial charge in [-0.05, 0) is 42.3 Å². The summed E-state index contributed by atoms with van der Waals surface area (Å²) < 4.78 is 35.3. The maximum Gasteiger partial charge on any atom is 0.319 e. The minimum Gasteiger partial charge on any atom is -0.478 e. The number of aryl methyl sites for hydroxylation is 1. The molecule has 0 spiro atoms. The number of aromatic nitrogens is 1. The number of hydrogen-bond donors (Lipinski definition) is 2. The number of fused-ring (bicyclic) bond motifs is 1. The fourth-order valence-electron chi connectivity index (χ4n) is 2.14. The third kappa shape index (κ3) is 6.10. The van der Waals surface area contributed by atoms with Gasteiger partial charge < -0.3 is 10.1 Å². The third-order valence-electron chi connectivity index (χ3n) is 3.23. The molecule has 0 amide bonds. The Hall–Kier alpha value is -1.06. The molecule has 0 fully saturated rings. The minimum atomic E-state index is -3.95. The van der Waals surface area contributed by atoms with Gasteiger partial charge in [-0.2, -0.15) is 8.42 Å². The average Bonchev–Trinajstić information content (AvgIpc) is 2.50. The van der Waals surface area contributed by atoms with Crippen molar-refractivity contribution in [2.24, 2.45) is 0 Å². The lowest BCUT2D eigenvalue weighted by Crippen LogP contribution is -2.20. The van der Waals surface area contributed by atoms with Crippen LogP contribution in [0.25, 0.3) is 10.9 Å². The largest absolute Gasteiger partial charge is 0.478 e. The van der Waals surface area contributed by atoms with Crippen molar-refractivity contribution in [2.75, 3.05) is 25.4 Å². The van der Waals surface area contributed by atoms with Gasteiger partial charge in [-0.3, -0.25) is 4.55 Å². The molecular weight excluding hydrogens is 372 g/mol. The van der Waals surface area contributed by atoms with Crippen LogP contribution in [0.1, 0.15) is 12.0 Å². The number of rotatable bonds is 9. The van der Waals surface area contributed by atoms with Crippen LogP contribution in [0.3, 0.4) is 0 Å². The van der Waals surface area contributed by atoms with Crippen LogP contribution in [-0.2, 0) is 9.15 Å². The number of ether oxygens (including phenoxy) is 1. The summed E-state index contributed by atoms with van der Waals surface area (Å²) in [5.74, 6) is 0.832.